The zero-order chi connectivity index (χ0) is 12.9. The van der Waals surface area contributed by atoms with Crippen molar-refractivity contribution in [3.63, 3.8) is 0 Å². The lowest BCUT2D eigenvalue weighted by Crippen LogP contribution is -2.56. The fraction of sp³-hybridized carbons (Fsp3) is 0.800. The molecule has 7 heteroatoms. The average Bonchev–Trinajstić information content (AvgIpc) is 2.30. The van der Waals surface area contributed by atoms with E-state index in [2.05, 4.69) is 0 Å². The SMILES string of the molecule is CCCC(F)(NC(=O)N1CCOCC1)C(=O)O. The number of carboxylic acids is 1. The summed E-state index contributed by atoms with van der Waals surface area (Å²) >= 11 is 0. The summed E-state index contributed by atoms with van der Waals surface area (Å²) in [5, 5.41) is 10.7. The van der Waals surface area contributed by atoms with Crippen LogP contribution in [-0.2, 0) is 9.53 Å². The van der Waals surface area contributed by atoms with E-state index in [0.717, 1.165) is 0 Å². The molecule has 98 valence electrons. The van der Waals surface area contributed by atoms with Crippen LogP contribution in [0.5, 0.6) is 0 Å². The zero-order valence-corrected chi connectivity index (χ0v) is 9.74. The van der Waals surface area contributed by atoms with Crippen molar-refractivity contribution in [2.75, 3.05) is 26.3 Å². The Balaban J connectivity index is 2.60. The largest absolute Gasteiger partial charge is 0.477 e. The van der Waals surface area contributed by atoms with Crippen molar-refractivity contribution >= 4 is 12.0 Å². The number of morpholine rings is 1. The van der Waals surface area contributed by atoms with Gasteiger partial charge in [0, 0.05) is 19.5 Å². The van der Waals surface area contributed by atoms with Gasteiger partial charge < -0.3 is 14.7 Å². The smallest absolute Gasteiger partial charge is 0.362 e. The number of hydrogen-bond acceptors (Lipinski definition) is 3. The highest BCUT2D eigenvalue weighted by Crippen LogP contribution is 2.16. The summed E-state index contributed by atoms with van der Waals surface area (Å²) < 4.78 is 19.0. The number of nitrogens with one attached hydrogen (secondary N) is 1. The average molecular weight is 248 g/mol. The molecule has 17 heavy (non-hydrogen) atoms. The first-order valence-corrected chi connectivity index (χ1v) is 5.56. The molecule has 1 atom stereocenters. The Hall–Kier alpha value is -1.37. The van der Waals surface area contributed by atoms with Gasteiger partial charge in [-0.15, -0.1) is 0 Å². The zero-order valence-electron chi connectivity index (χ0n) is 9.74. The van der Waals surface area contributed by atoms with Crippen LogP contribution in [0.15, 0.2) is 0 Å². The van der Waals surface area contributed by atoms with E-state index in [1.54, 1.807) is 6.92 Å². The van der Waals surface area contributed by atoms with Crippen molar-refractivity contribution in [1.82, 2.24) is 10.2 Å². The number of halogens is 1. The van der Waals surface area contributed by atoms with E-state index in [1.807, 2.05) is 5.32 Å². The number of carboxylic acid groups (broad SMARTS) is 1. The molecule has 1 saturated heterocycles. The lowest BCUT2D eigenvalue weighted by atomic mass is 10.1. The minimum absolute atomic E-state index is 0.252. The molecule has 0 aromatic carbocycles. The first-order chi connectivity index (χ1) is 7.99. The number of hydrogen-bond donors (Lipinski definition) is 2. The number of nitrogens with zero attached hydrogens (tertiary/aromatic N) is 1. The molecular formula is C10H17FN2O4. The molecule has 0 aromatic rings. The van der Waals surface area contributed by atoms with Gasteiger partial charge in [-0.3, -0.25) is 5.32 Å². The van der Waals surface area contributed by atoms with E-state index < -0.39 is 17.8 Å². The van der Waals surface area contributed by atoms with Gasteiger partial charge in [0.05, 0.1) is 13.2 Å². The third kappa shape index (κ3) is 3.55. The van der Waals surface area contributed by atoms with Crippen LogP contribution in [0.1, 0.15) is 19.8 Å². The number of aliphatic carboxylic acids is 1. The van der Waals surface area contributed by atoms with Crippen LogP contribution < -0.4 is 5.32 Å². The number of rotatable bonds is 4. The van der Waals surface area contributed by atoms with Gasteiger partial charge in [0.15, 0.2) is 0 Å². The highest BCUT2D eigenvalue weighted by molar-refractivity contribution is 5.84. The van der Waals surface area contributed by atoms with Gasteiger partial charge in [-0.25, -0.2) is 14.0 Å². The maximum Gasteiger partial charge on any atom is 0.362 e. The maximum atomic E-state index is 13.9. The second kappa shape index (κ2) is 5.81. The van der Waals surface area contributed by atoms with Crippen LogP contribution in [0.25, 0.3) is 0 Å². The molecule has 0 aromatic heterocycles. The Morgan fingerprint density at radius 3 is 2.53 bits per heavy atom. The lowest BCUT2D eigenvalue weighted by Gasteiger charge is -2.30. The van der Waals surface area contributed by atoms with Crippen LogP contribution >= 0.6 is 0 Å². The number of ether oxygens (including phenoxy) is 1. The van der Waals surface area contributed by atoms with Crippen molar-refractivity contribution < 1.29 is 23.8 Å². The maximum absolute atomic E-state index is 13.9. The number of amides is 2. The third-order valence-electron chi connectivity index (χ3n) is 2.54. The van der Waals surface area contributed by atoms with Gasteiger partial charge in [0.2, 0.25) is 0 Å². The van der Waals surface area contributed by atoms with Crippen molar-refractivity contribution in [2.24, 2.45) is 0 Å². The Labute approximate surface area is 98.7 Å². The molecule has 1 unspecified atom stereocenters. The van der Waals surface area contributed by atoms with Gasteiger partial charge in [-0.2, -0.15) is 0 Å². The fourth-order valence-electron chi connectivity index (χ4n) is 1.58. The van der Waals surface area contributed by atoms with Crippen molar-refractivity contribution in [2.45, 2.75) is 25.6 Å². The van der Waals surface area contributed by atoms with Crippen LogP contribution in [0.4, 0.5) is 9.18 Å². The van der Waals surface area contributed by atoms with Crippen LogP contribution in [0.3, 0.4) is 0 Å². The molecular weight excluding hydrogens is 231 g/mol. The Kier molecular flexibility index (Phi) is 4.68. The Morgan fingerprint density at radius 2 is 2.06 bits per heavy atom. The summed E-state index contributed by atoms with van der Waals surface area (Å²) in [7, 11) is 0. The van der Waals surface area contributed by atoms with Gasteiger partial charge in [0.1, 0.15) is 0 Å². The first kappa shape index (κ1) is 13.7. The molecule has 1 fully saturated rings. The number of urea groups is 1. The molecule has 2 amide bonds. The predicted octanol–water partition coefficient (Wildman–Crippen LogP) is 0.579. The standard InChI is InChI=1S/C10H17FN2O4/c1-2-3-10(11,8(14)15)12-9(16)13-4-6-17-7-5-13/h2-7H2,1H3,(H,12,16)(H,14,15). The summed E-state index contributed by atoms with van der Waals surface area (Å²) in [5.74, 6) is -4.36. The van der Waals surface area contributed by atoms with E-state index in [-0.39, 0.29) is 6.42 Å². The second-order valence-electron chi connectivity index (χ2n) is 3.89. The van der Waals surface area contributed by atoms with Crippen LogP contribution in [-0.4, -0.2) is 54.1 Å². The minimum atomic E-state index is -2.69. The fourth-order valence-corrected chi connectivity index (χ4v) is 1.58. The van der Waals surface area contributed by atoms with E-state index in [0.29, 0.717) is 32.7 Å². The summed E-state index contributed by atoms with van der Waals surface area (Å²) in [4.78, 5) is 23.8. The summed E-state index contributed by atoms with van der Waals surface area (Å²) in [6.07, 6.45) is 0.0740. The van der Waals surface area contributed by atoms with E-state index in [1.165, 1.54) is 4.90 Å². The topological polar surface area (TPSA) is 78.9 Å². The number of alkyl halides is 1. The second-order valence-corrected chi connectivity index (χ2v) is 3.89. The van der Waals surface area contributed by atoms with Crippen molar-refractivity contribution in [3.8, 4) is 0 Å². The lowest BCUT2D eigenvalue weighted by molar-refractivity contribution is -0.153. The van der Waals surface area contributed by atoms with Crippen molar-refractivity contribution in [1.29, 1.82) is 0 Å². The molecule has 6 nitrogen and oxygen atoms in total. The molecule has 0 radical (unpaired) electrons. The van der Waals surface area contributed by atoms with E-state index >= 15 is 0 Å². The van der Waals surface area contributed by atoms with Gasteiger partial charge in [-0.05, 0) is 0 Å². The molecule has 1 aliphatic rings. The molecule has 0 aliphatic carbocycles. The quantitative estimate of drug-likeness (QED) is 0.713. The normalized spacial score (nSPS) is 19.5. The first-order valence-electron chi connectivity index (χ1n) is 5.56. The van der Waals surface area contributed by atoms with Gasteiger partial charge in [-0.1, -0.05) is 13.3 Å². The van der Waals surface area contributed by atoms with Crippen LogP contribution in [0.2, 0.25) is 0 Å². The highest BCUT2D eigenvalue weighted by Gasteiger charge is 2.40. The number of carbonyl (C=O) groups is 2. The molecule has 1 rings (SSSR count). The molecule has 2 N–H and O–H groups in total. The molecule has 1 heterocycles. The summed E-state index contributed by atoms with van der Waals surface area (Å²) in [6.45, 7) is 3.10. The monoisotopic (exact) mass is 248 g/mol. The molecule has 0 bridgehead atoms. The van der Waals surface area contributed by atoms with Crippen molar-refractivity contribution in [3.05, 3.63) is 0 Å². The summed E-state index contributed by atoms with van der Waals surface area (Å²) in [6, 6.07) is -0.702. The van der Waals surface area contributed by atoms with Crippen LogP contribution in [0, 0.1) is 0 Å². The van der Waals surface area contributed by atoms with Gasteiger partial charge >= 0.3 is 12.0 Å². The number of carbonyl (C=O) groups excluding carboxylic acids is 1. The van der Waals surface area contributed by atoms with E-state index in [4.69, 9.17) is 9.84 Å². The summed E-state index contributed by atoms with van der Waals surface area (Å²) in [5.41, 5.74) is 0. The molecule has 0 spiro atoms. The Bertz CT molecular complexity index is 294. The Morgan fingerprint density at radius 1 is 1.47 bits per heavy atom. The van der Waals surface area contributed by atoms with E-state index in [9.17, 15) is 14.0 Å². The van der Waals surface area contributed by atoms with Gasteiger partial charge in [0.25, 0.3) is 5.79 Å². The molecule has 0 saturated carbocycles. The minimum Gasteiger partial charge on any atom is -0.477 e. The predicted molar refractivity (Wildman–Crippen MR) is 57.3 cm³/mol. The highest BCUT2D eigenvalue weighted by atomic mass is 19.1. The third-order valence-corrected chi connectivity index (χ3v) is 2.54. The molecule has 1 aliphatic heterocycles.